The average molecular weight is 452 g/mol. The molecule has 30 heavy (non-hydrogen) atoms. The summed E-state index contributed by atoms with van der Waals surface area (Å²) in [5, 5.41) is 16.0. The van der Waals surface area contributed by atoms with E-state index in [-0.39, 0.29) is 29.6 Å². The van der Waals surface area contributed by atoms with Gasteiger partial charge >= 0.3 is 0 Å². The summed E-state index contributed by atoms with van der Waals surface area (Å²) in [6.45, 7) is 1.64. The number of hydrogen-bond acceptors (Lipinski definition) is 5. The molecule has 0 aliphatic carbocycles. The van der Waals surface area contributed by atoms with Crippen LogP contribution in [0, 0.1) is 11.8 Å². The van der Waals surface area contributed by atoms with Gasteiger partial charge in [-0.1, -0.05) is 30.7 Å². The Bertz CT molecular complexity index is 880. The van der Waals surface area contributed by atoms with Gasteiger partial charge < -0.3 is 20.6 Å². The zero-order valence-corrected chi connectivity index (χ0v) is 18.5. The van der Waals surface area contributed by atoms with Gasteiger partial charge in [-0.25, -0.2) is 0 Å². The number of carbonyl (C=O) groups excluding carboxylic acids is 3. The van der Waals surface area contributed by atoms with E-state index in [0.29, 0.717) is 23.6 Å². The number of aliphatic hydroxyl groups excluding tert-OH is 1. The minimum absolute atomic E-state index is 0.0193. The van der Waals surface area contributed by atoms with Crippen molar-refractivity contribution in [1.82, 2.24) is 10.2 Å². The van der Waals surface area contributed by atoms with Crippen molar-refractivity contribution in [3.05, 3.63) is 29.3 Å². The minimum atomic E-state index is -0.770. The van der Waals surface area contributed by atoms with Crippen molar-refractivity contribution in [3.63, 3.8) is 0 Å². The number of nitrogens with zero attached hydrogens (tertiary/aromatic N) is 1. The summed E-state index contributed by atoms with van der Waals surface area (Å²) in [6.07, 6.45) is 1.98. The quantitative estimate of drug-likeness (QED) is 0.613. The zero-order valence-electron chi connectivity index (χ0n) is 16.9. The van der Waals surface area contributed by atoms with E-state index < -0.39 is 28.7 Å². The molecule has 1 aromatic rings. The Morgan fingerprint density at radius 2 is 2.10 bits per heavy atom. The Morgan fingerprint density at radius 3 is 2.73 bits per heavy atom. The van der Waals surface area contributed by atoms with Crippen molar-refractivity contribution in [1.29, 1.82) is 0 Å². The second-order valence-electron chi connectivity index (χ2n) is 8.13. The summed E-state index contributed by atoms with van der Waals surface area (Å²) >= 11 is 7.84. The molecule has 3 amide bonds. The van der Waals surface area contributed by atoms with E-state index >= 15 is 0 Å². The van der Waals surface area contributed by atoms with Gasteiger partial charge in [0.25, 0.3) is 0 Å². The molecule has 3 aliphatic heterocycles. The molecule has 3 saturated heterocycles. The predicted octanol–water partition coefficient (Wildman–Crippen LogP) is 1.89. The van der Waals surface area contributed by atoms with Gasteiger partial charge in [0.1, 0.15) is 6.04 Å². The summed E-state index contributed by atoms with van der Waals surface area (Å²) < 4.78 is -0.674. The van der Waals surface area contributed by atoms with Gasteiger partial charge in [0.2, 0.25) is 17.7 Å². The number of anilines is 1. The third-order valence-corrected chi connectivity index (χ3v) is 9.02. The lowest BCUT2D eigenvalue weighted by atomic mass is 9.70. The van der Waals surface area contributed by atoms with E-state index in [1.807, 2.05) is 6.92 Å². The number of aliphatic hydroxyl groups is 1. The maximum absolute atomic E-state index is 13.6. The topological polar surface area (TPSA) is 98.7 Å². The molecule has 1 spiro atoms. The first kappa shape index (κ1) is 21.5. The predicted molar refractivity (Wildman–Crippen MR) is 116 cm³/mol. The van der Waals surface area contributed by atoms with Crippen molar-refractivity contribution >= 4 is 46.8 Å². The molecule has 162 valence electrons. The molecule has 3 N–H and O–H groups in total. The molecule has 9 heteroatoms. The summed E-state index contributed by atoms with van der Waals surface area (Å²) in [5.74, 6) is -1.71. The fraction of sp³-hybridized carbons (Fsp3) is 0.571. The Labute approximate surface area is 184 Å². The highest BCUT2D eigenvalue weighted by atomic mass is 35.5. The van der Waals surface area contributed by atoms with Gasteiger partial charge in [0, 0.05) is 12.3 Å². The Kier molecular flexibility index (Phi) is 5.76. The highest BCUT2D eigenvalue weighted by Crippen LogP contribution is 2.66. The molecule has 4 rings (SSSR count). The van der Waals surface area contributed by atoms with Crippen LogP contribution < -0.4 is 10.6 Å². The van der Waals surface area contributed by atoms with Crippen LogP contribution in [0.2, 0.25) is 5.02 Å². The van der Waals surface area contributed by atoms with Gasteiger partial charge in [-0.2, -0.15) is 0 Å². The van der Waals surface area contributed by atoms with E-state index in [1.165, 1.54) is 0 Å². The number of hydrogen-bond donors (Lipinski definition) is 3. The standard InChI is InChI=1S/C21H26ClN3O4S/c1-3-11(10-26)25-17(19(28)24-13-7-5-4-6-12(13)22)21-9-8-14(30-21)15(18(27)23-2)16(21)20(25)29/h4-7,11,14-17,26H,3,8-10H2,1-2H3,(H,23,27)(H,24,28)/t11-,14-,15+,16-,17?,21?/m0/s1. The largest absolute Gasteiger partial charge is 0.394 e. The molecule has 0 aromatic heterocycles. The van der Waals surface area contributed by atoms with Gasteiger partial charge in [-0.3, -0.25) is 14.4 Å². The first-order valence-corrected chi connectivity index (χ1v) is 11.5. The number of carbonyl (C=O) groups is 3. The molecule has 2 bridgehead atoms. The monoisotopic (exact) mass is 451 g/mol. The second-order valence-corrected chi connectivity index (χ2v) is 10.1. The van der Waals surface area contributed by atoms with Crippen molar-refractivity contribution in [2.45, 2.75) is 48.3 Å². The molecular weight excluding hydrogens is 426 g/mol. The SMILES string of the molecule is CC[C@@H](CO)N1C(=O)[C@@H]2[C@H](C(=O)NC)[C@@H]3CCC2(S3)C1C(=O)Nc1ccccc1Cl. The number of likely N-dealkylation sites (tertiary alicyclic amines) is 1. The van der Waals surface area contributed by atoms with E-state index in [0.717, 1.165) is 6.42 Å². The lowest BCUT2D eigenvalue weighted by Crippen LogP contribution is -2.54. The van der Waals surface area contributed by atoms with E-state index in [2.05, 4.69) is 10.6 Å². The fourth-order valence-corrected chi connectivity index (χ4v) is 7.82. The van der Waals surface area contributed by atoms with Crippen LogP contribution in [0.25, 0.3) is 0 Å². The number of benzene rings is 1. The third-order valence-electron chi connectivity index (χ3n) is 6.74. The molecular formula is C21H26ClN3O4S. The summed E-state index contributed by atoms with van der Waals surface area (Å²) in [6, 6.07) is 5.71. The summed E-state index contributed by atoms with van der Waals surface area (Å²) in [4.78, 5) is 41.4. The van der Waals surface area contributed by atoms with Gasteiger partial charge in [0.05, 0.1) is 39.9 Å². The smallest absolute Gasteiger partial charge is 0.248 e. The van der Waals surface area contributed by atoms with Crippen LogP contribution in [0.1, 0.15) is 26.2 Å². The zero-order chi connectivity index (χ0) is 21.6. The second kappa shape index (κ2) is 8.05. The Balaban J connectivity index is 1.76. The molecule has 0 radical (unpaired) electrons. The summed E-state index contributed by atoms with van der Waals surface area (Å²) in [5.41, 5.74) is 0.480. The van der Waals surface area contributed by atoms with Gasteiger partial charge in [-0.15, -0.1) is 11.8 Å². The van der Waals surface area contributed by atoms with Crippen molar-refractivity contribution < 1.29 is 19.5 Å². The fourth-order valence-electron chi connectivity index (χ4n) is 5.43. The van der Waals surface area contributed by atoms with E-state index in [1.54, 1.807) is 48.0 Å². The highest BCUT2D eigenvalue weighted by molar-refractivity contribution is 8.02. The molecule has 3 heterocycles. The first-order valence-electron chi connectivity index (χ1n) is 10.3. The normalized spacial score (nSPS) is 32.8. The lowest BCUT2D eigenvalue weighted by Gasteiger charge is -2.36. The molecule has 0 saturated carbocycles. The van der Waals surface area contributed by atoms with Crippen LogP contribution in [0.4, 0.5) is 5.69 Å². The number of nitrogens with one attached hydrogen (secondary N) is 2. The third kappa shape index (κ3) is 3.03. The highest BCUT2D eigenvalue weighted by Gasteiger charge is 2.74. The van der Waals surface area contributed by atoms with Crippen LogP contribution in [0.5, 0.6) is 0 Å². The van der Waals surface area contributed by atoms with Crippen molar-refractivity contribution in [2.24, 2.45) is 11.8 Å². The lowest BCUT2D eigenvalue weighted by molar-refractivity contribution is -0.142. The minimum Gasteiger partial charge on any atom is -0.394 e. The van der Waals surface area contributed by atoms with Gasteiger partial charge in [0.15, 0.2) is 0 Å². The number of rotatable bonds is 6. The molecule has 1 aromatic carbocycles. The average Bonchev–Trinajstić information content (AvgIpc) is 3.38. The molecule has 6 atom stereocenters. The van der Waals surface area contributed by atoms with Crippen molar-refractivity contribution in [3.8, 4) is 0 Å². The Hall–Kier alpha value is -1.77. The number of fused-ring (bicyclic) bond motifs is 1. The van der Waals surface area contributed by atoms with Crippen molar-refractivity contribution in [2.75, 3.05) is 19.0 Å². The molecule has 3 fully saturated rings. The van der Waals surface area contributed by atoms with Crippen LogP contribution in [0.15, 0.2) is 24.3 Å². The first-order chi connectivity index (χ1) is 14.4. The van der Waals surface area contributed by atoms with E-state index in [9.17, 15) is 19.5 Å². The molecule has 7 nitrogen and oxygen atoms in total. The number of para-hydroxylation sites is 1. The van der Waals surface area contributed by atoms with Crippen LogP contribution in [-0.4, -0.2) is 63.5 Å². The summed E-state index contributed by atoms with van der Waals surface area (Å²) in [7, 11) is 1.58. The van der Waals surface area contributed by atoms with E-state index in [4.69, 9.17) is 11.6 Å². The van der Waals surface area contributed by atoms with Crippen LogP contribution in [0.3, 0.4) is 0 Å². The van der Waals surface area contributed by atoms with Gasteiger partial charge in [-0.05, 0) is 31.4 Å². The molecule has 3 aliphatic rings. The Morgan fingerprint density at radius 1 is 1.37 bits per heavy atom. The van der Waals surface area contributed by atoms with Crippen LogP contribution in [-0.2, 0) is 14.4 Å². The van der Waals surface area contributed by atoms with Crippen LogP contribution >= 0.6 is 23.4 Å². The number of thioether (sulfide) groups is 1. The molecule has 2 unspecified atom stereocenters. The number of halogens is 1. The maximum atomic E-state index is 13.6. The number of amides is 3. The maximum Gasteiger partial charge on any atom is 0.248 e.